The molecule has 0 aliphatic carbocycles. The average molecular weight is 458 g/mol. The minimum Gasteiger partial charge on any atom is -0.295 e. The molecule has 2 saturated heterocycles. The van der Waals surface area contributed by atoms with Gasteiger partial charge in [-0.3, -0.25) is 24.3 Å². The van der Waals surface area contributed by atoms with Crippen molar-refractivity contribution in [2.75, 3.05) is 35.3 Å². The van der Waals surface area contributed by atoms with Gasteiger partial charge in [0.2, 0.25) is 10.8 Å². The van der Waals surface area contributed by atoms with E-state index in [1.807, 2.05) is 65.6 Å². The molecule has 3 aromatic carbocycles. The number of thioether (sulfide) groups is 1. The second-order valence-corrected chi connectivity index (χ2v) is 10.6. The molecule has 6 heteroatoms. The smallest absolute Gasteiger partial charge is 0.269 e. The van der Waals surface area contributed by atoms with Crippen LogP contribution in [0.4, 0.5) is 11.4 Å². The fourth-order valence-corrected chi connectivity index (χ4v) is 6.77. The molecule has 33 heavy (non-hydrogen) atoms. The molecule has 5 nitrogen and oxygen atoms in total. The summed E-state index contributed by atoms with van der Waals surface area (Å²) >= 11 is 1.45. The molecule has 1 atom stereocenters. The van der Waals surface area contributed by atoms with Gasteiger partial charge in [-0.1, -0.05) is 55.5 Å². The number of para-hydroxylation sites is 1. The predicted octanol–water partition coefficient (Wildman–Crippen LogP) is 4.81. The number of benzene rings is 3. The van der Waals surface area contributed by atoms with Gasteiger partial charge in [-0.25, -0.2) is 0 Å². The van der Waals surface area contributed by atoms with Crippen molar-refractivity contribution in [3.8, 4) is 0 Å². The number of carbonyl (C=O) groups excluding carboxylic acids is 2. The van der Waals surface area contributed by atoms with Gasteiger partial charge in [0, 0.05) is 24.3 Å². The van der Waals surface area contributed by atoms with Crippen LogP contribution in [0.25, 0.3) is 10.8 Å². The summed E-state index contributed by atoms with van der Waals surface area (Å²) in [5.74, 6) is 1.00. The van der Waals surface area contributed by atoms with Crippen molar-refractivity contribution in [3.63, 3.8) is 0 Å². The van der Waals surface area contributed by atoms with Gasteiger partial charge < -0.3 is 0 Å². The van der Waals surface area contributed by atoms with Crippen LogP contribution < -0.4 is 9.80 Å². The summed E-state index contributed by atoms with van der Waals surface area (Å²) in [4.78, 5) is 32.5. The van der Waals surface area contributed by atoms with Crippen molar-refractivity contribution >= 4 is 45.7 Å². The van der Waals surface area contributed by atoms with E-state index in [-0.39, 0.29) is 11.8 Å². The number of fused-ring (bicyclic) bond motifs is 3. The molecule has 1 spiro atoms. The first-order valence-corrected chi connectivity index (χ1v) is 12.7. The van der Waals surface area contributed by atoms with Crippen molar-refractivity contribution in [2.45, 2.75) is 24.6 Å². The lowest BCUT2D eigenvalue weighted by molar-refractivity contribution is -0.124. The molecular formula is C27H27N3O2S. The maximum Gasteiger partial charge on any atom is 0.269 e. The molecule has 0 radical (unpaired) electrons. The van der Waals surface area contributed by atoms with Crippen LogP contribution in [-0.2, 0) is 14.5 Å². The van der Waals surface area contributed by atoms with Crippen molar-refractivity contribution < 1.29 is 9.59 Å². The molecule has 6 rings (SSSR count). The maximum atomic E-state index is 14.2. The Morgan fingerprint density at radius 1 is 0.939 bits per heavy atom. The molecule has 2 fully saturated rings. The monoisotopic (exact) mass is 457 g/mol. The van der Waals surface area contributed by atoms with Gasteiger partial charge in [0.05, 0.1) is 18.1 Å². The number of piperidine rings is 1. The topological polar surface area (TPSA) is 43.9 Å². The third-order valence-electron chi connectivity index (χ3n) is 7.27. The van der Waals surface area contributed by atoms with Crippen LogP contribution in [0.5, 0.6) is 0 Å². The number of anilines is 2. The van der Waals surface area contributed by atoms with Gasteiger partial charge in [0.15, 0.2) is 0 Å². The van der Waals surface area contributed by atoms with E-state index in [9.17, 15) is 9.59 Å². The minimum absolute atomic E-state index is 0.00803. The molecule has 0 bridgehead atoms. The Hall–Kier alpha value is -2.83. The number of hydrogen-bond acceptors (Lipinski definition) is 4. The summed E-state index contributed by atoms with van der Waals surface area (Å²) in [6, 6.07) is 22.2. The summed E-state index contributed by atoms with van der Waals surface area (Å²) in [6.07, 6.45) is 2.32. The molecule has 0 aromatic heterocycles. The second kappa shape index (κ2) is 7.89. The Morgan fingerprint density at radius 2 is 1.67 bits per heavy atom. The van der Waals surface area contributed by atoms with Crippen molar-refractivity contribution in [1.29, 1.82) is 0 Å². The molecule has 0 N–H and O–H groups in total. The fourth-order valence-electron chi connectivity index (χ4n) is 5.42. The highest BCUT2D eigenvalue weighted by Gasteiger charge is 2.61. The fraction of sp³-hybridized carbons (Fsp3) is 0.333. The van der Waals surface area contributed by atoms with Gasteiger partial charge in [0.25, 0.3) is 5.91 Å². The number of nitrogens with zero attached hydrogens (tertiary/aromatic N) is 3. The van der Waals surface area contributed by atoms with Gasteiger partial charge in [0.1, 0.15) is 0 Å². The first kappa shape index (κ1) is 20.8. The molecule has 0 saturated carbocycles. The molecule has 3 aromatic rings. The highest BCUT2D eigenvalue weighted by Crippen LogP contribution is 2.55. The quantitative estimate of drug-likeness (QED) is 0.566. The molecule has 3 aliphatic heterocycles. The van der Waals surface area contributed by atoms with Gasteiger partial charge in [-0.15, -0.1) is 11.8 Å². The zero-order chi connectivity index (χ0) is 22.6. The summed E-state index contributed by atoms with van der Waals surface area (Å²) < 4.78 is 0. The molecular weight excluding hydrogens is 430 g/mol. The van der Waals surface area contributed by atoms with E-state index in [0.29, 0.717) is 12.4 Å². The molecule has 168 valence electrons. The van der Waals surface area contributed by atoms with E-state index < -0.39 is 4.87 Å². The zero-order valence-electron chi connectivity index (χ0n) is 18.7. The van der Waals surface area contributed by atoms with Gasteiger partial charge in [-0.2, -0.15) is 0 Å². The van der Waals surface area contributed by atoms with Crippen LogP contribution in [0.3, 0.4) is 0 Å². The summed E-state index contributed by atoms with van der Waals surface area (Å²) in [6.45, 7) is 4.87. The van der Waals surface area contributed by atoms with E-state index in [2.05, 4.69) is 17.9 Å². The normalized spacial score (nSPS) is 23.8. The summed E-state index contributed by atoms with van der Waals surface area (Å²) in [5.41, 5.74) is 2.62. The molecule has 3 heterocycles. The number of carbonyl (C=O) groups is 2. The number of likely N-dealkylation sites (tertiary alicyclic amines) is 1. The standard InChI is InChI=1S/C27H27N3O2S/c1-19-12-14-28(15-13-19)18-29-24-9-5-4-8-23(24)27(26(29)32)30(25(31)17-33-27)22-11-10-20-6-2-3-7-21(20)16-22/h2-11,16,19H,12-15,17-18H2,1H3/t27-/m0/s1. The third kappa shape index (κ3) is 3.19. The summed E-state index contributed by atoms with van der Waals surface area (Å²) in [7, 11) is 0. The predicted molar refractivity (Wildman–Crippen MR) is 134 cm³/mol. The van der Waals surface area contributed by atoms with Gasteiger partial charge in [-0.05, 0) is 47.7 Å². The number of amides is 2. The average Bonchev–Trinajstić information content (AvgIpc) is 3.31. The Kier molecular flexibility index (Phi) is 4.96. The highest BCUT2D eigenvalue weighted by atomic mass is 32.2. The molecule has 2 amide bonds. The van der Waals surface area contributed by atoms with Crippen LogP contribution in [0.15, 0.2) is 66.7 Å². The lowest BCUT2D eigenvalue weighted by Gasteiger charge is -2.36. The van der Waals surface area contributed by atoms with E-state index in [4.69, 9.17) is 0 Å². The SMILES string of the molecule is CC1CCN(CN2C(=O)[C@@]3(SCC(=O)N3c3ccc4ccccc4c3)c3ccccc32)CC1. The van der Waals surface area contributed by atoms with Crippen LogP contribution in [-0.4, -0.2) is 42.2 Å². The third-order valence-corrected chi connectivity index (χ3v) is 8.66. The number of rotatable bonds is 3. The Morgan fingerprint density at radius 3 is 2.48 bits per heavy atom. The lowest BCUT2D eigenvalue weighted by atomic mass is 10.00. The van der Waals surface area contributed by atoms with Crippen LogP contribution in [0.2, 0.25) is 0 Å². The van der Waals surface area contributed by atoms with E-state index >= 15 is 0 Å². The maximum absolute atomic E-state index is 14.2. The lowest BCUT2D eigenvalue weighted by Crippen LogP contribution is -2.52. The van der Waals surface area contributed by atoms with Crippen LogP contribution in [0, 0.1) is 5.92 Å². The number of hydrogen-bond donors (Lipinski definition) is 0. The van der Waals surface area contributed by atoms with E-state index in [1.165, 1.54) is 11.8 Å². The van der Waals surface area contributed by atoms with E-state index in [0.717, 1.165) is 59.6 Å². The highest BCUT2D eigenvalue weighted by molar-refractivity contribution is 8.02. The van der Waals surface area contributed by atoms with Crippen LogP contribution >= 0.6 is 11.8 Å². The zero-order valence-corrected chi connectivity index (χ0v) is 19.6. The van der Waals surface area contributed by atoms with Crippen molar-refractivity contribution in [3.05, 3.63) is 72.3 Å². The van der Waals surface area contributed by atoms with Crippen LogP contribution in [0.1, 0.15) is 25.3 Å². The Balaban J connectivity index is 1.43. The Bertz CT molecular complexity index is 1250. The first-order valence-electron chi connectivity index (χ1n) is 11.7. The minimum atomic E-state index is -1.04. The van der Waals surface area contributed by atoms with Crippen molar-refractivity contribution in [1.82, 2.24) is 4.90 Å². The first-order chi connectivity index (χ1) is 16.1. The second-order valence-electron chi connectivity index (χ2n) is 9.39. The molecule has 3 aliphatic rings. The van der Waals surface area contributed by atoms with Gasteiger partial charge >= 0.3 is 0 Å². The molecule has 0 unspecified atom stereocenters. The van der Waals surface area contributed by atoms with Crippen molar-refractivity contribution in [2.24, 2.45) is 5.92 Å². The summed E-state index contributed by atoms with van der Waals surface area (Å²) in [5, 5.41) is 2.18. The Labute approximate surface area is 198 Å². The largest absolute Gasteiger partial charge is 0.295 e. The van der Waals surface area contributed by atoms with E-state index in [1.54, 1.807) is 4.90 Å².